The normalized spacial score (nSPS) is 25.8. The molecule has 2 unspecified atom stereocenters. The largest absolute Gasteiger partial charge is 0.392 e. The van der Waals surface area contributed by atoms with Gasteiger partial charge in [0, 0.05) is 24.7 Å². The predicted octanol–water partition coefficient (Wildman–Crippen LogP) is 0.410. The van der Waals surface area contributed by atoms with Crippen LogP contribution in [0.15, 0.2) is 24.9 Å². The lowest BCUT2D eigenvalue weighted by molar-refractivity contribution is -0.116. The summed E-state index contributed by atoms with van der Waals surface area (Å²) in [4.78, 5) is 10.8. The zero-order chi connectivity index (χ0) is 9.14. The summed E-state index contributed by atoms with van der Waals surface area (Å²) in [7, 11) is 1.84. The van der Waals surface area contributed by atoms with Crippen molar-refractivity contribution in [3.05, 3.63) is 24.9 Å². The fourth-order valence-corrected chi connectivity index (χ4v) is 1.17. The third-order valence-electron chi connectivity index (χ3n) is 2.07. The minimum atomic E-state index is -0.105. The molecule has 0 heterocycles. The number of nitrogens with one attached hydrogen (secondary N) is 2. The van der Waals surface area contributed by atoms with Crippen LogP contribution >= 0.6 is 0 Å². The number of hydrogen-bond donors (Lipinski definition) is 2. The fourth-order valence-electron chi connectivity index (χ4n) is 1.17. The molecule has 3 nitrogen and oxygen atoms in total. The molecule has 0 aromatic carbocycles. The molecule has 0 aromatic heterocycles. The van der Waals surface area contributed by atoms with Gasteiger partial charge in [0.25, 0.3) is 0 Å². The van der Waals surface area contributed by atoms with Crippen LogP contribution in [0.3, 0.4) is 0 Å². The lowest BCUT2D eigenvalue weighted by atomic mass is 10.3. The third kappa shape index (κ3) is 1.87. The molecule has 0 aromatic rings. The van der Waals surface area contributed by atoms with Crippen LogP contribution in [0.4, 0.5) is 0 Å². The van der Waals surface area contributed by atoms with Crippen LogP contribution in [0.1, 0.15) is 6.42 Å². The number of amides is 1. The highest BCUT2D eigenvalue weighted by atomic mass is 16.1. The van der Waals surface area contributed by atoms with E-state index >= 15 is 0 Å². The molecular formula is C9H14N2O. The van der Waals surface area contributed by atoms with Crippen molar-refractivity contribution in [2.24, 2.45) is 5.92 Å². The van der Waals surface area contributed by atoms with Crippen LogP contribution in [-0.2, 0) is 4.79 Å². The highest BCUT2D eigenvalue weighted by molar-refractivity contribution is 5.87. The van der Waals surface area contributed by atoms with Crippen molar-refractivity contribution in [1.82, 2.24) is 10.6 Å². The van der Waals surface area contributed by atoms with Gasteiger partial charge in [-0.15, -0.1) is 0 Å². The molecule has 2 atom stereocenters. The Balaban J connectivity index is 2.28. The zero-order valence-electron chi connectivity index (χ0n) is 7.26. The third-order valence-corrected chi connectivity index (χ3v) is 2.07. The number of carbonyl (C=O) groups is 1. The first kappa shape index (κ1) is 8.84. The fraction of sp³-hybridized carbons (Fsp3) is 0.444. The molecule has 2 N–H and O–H groups in total. The molecule has 1 aliphatic rings. The average molecular weight is 166 g/mol. The van der Waals surface area contributed by atoms with Crippen molar-refractivity contribution < 1.29 is 4.79 Å². The first-order chi connectivity index (χ1) is 5.69. The van der Waals surface area contributed by atoms with Crippen molar-refractivity contribution in [2.75, 3.05) is 7.05 Å². The quantitative estimate of drug-likeness (QED) is 0.594. The Bertz CT molecular complexity index is 223. The molecule has 3 heteroatoms. The summed E-state index contributed by atoms with van der Waals surface area (Å²) in [5, 5.41) is 5.79. The van der Waals surface area contributed by atoms with Gasteiger partial charge in [-0.05, 0) is 12.5 Å². The standard InChI is InChI=1S/C9H14N2O/c1-4-9(12)11-8-5-7(8)6(2)10-3/h4,7-8,10H,1-2,5H2,3H3,(H,11,12). The first-order valence-corrected chi connectivity index (χ1v) is 3.98. The highest BCUT2D eigenvalue weighted by Gasteiger charge is 2.39. The van der Waals surface area contributed by atoms with Gasteiger partial charge < -0.3 is 10.6 Å². The van der Waals surface area contributed by atoms with Gasteiger partial charge in [-0.25, -0.2) is 0 Å². The van der Waals surface area contributed by atoms with E-state index in [2.05, 4.69) is 23.8 Å². The van der Waals surface area contributed by atoms with Gasteiger partial charge in [0.2, 0.25) is 5.91 Å². The van der Waals surface area contributed by atoms with E-state index < -0.39 is 0 Å². The molecule has 0 spiro atoms. The Morgan fingerprint density at radius 1 is 1.67 bits per heavy atom. The summed E-state index contributed by atoms with van der Waals surface area (Å²) in [5.41, 5.74) is 0.990. The van der Waals surface area contributed by atoms with Gasteiger partial charge in [-0.3, -0.25) is 4.79 Å². The van der Waals surface area contributed by atoms with E-state index in [1.807, 2.05) is 7.05 Å². The Labute approximate surface area is 72.5 Å². The van der Waals surface area contributed by atoms with Crippen molar-refractivity contribution in [2.45, 2.75) is 12.5 Å². The molecule has 12 heavy (non-hydrogen) atoms. The monoisotopic (exact) mass is 166 g/mol. The van der Waals surface area contributed by atoms with E-state index in [0.717, 1.165) is 12.1 Å². The predicted molar refractivity (Wildman–Crippen MR) is 48.4 cm³/mol. The van der Waals surface area contributed by atoms with Crippen LogP contribution in [0.5, 0.6) is 0 Å². The van der Waals surface area contributed by atoms with Crippen LogP contribution < -0.4 is 10.6 Å². The van der Waals surface area contributed by atoms with Crippen molar-refractivity contribution >= 4 is 5.91 Å². The summed E-state index contributed by atoms with van der Waals surface area (Å²) in [6.45, 7) is 7.21. The minimum Gasteiger partial charge on any atom is -0.392 e. The summed E-state index contributed by atoms with van der Waals surface area (Å²) in [6, 6.07) is 0.260. The van der Waals surface area contributed by atoms with E-state index in [9.17, 15) is 4.79 Å². The molecule has 0 aliphatic heterocycles. The molecule has 0 bridgehead atoms. The summed E-state index contributed by atoms with van der Waals surface area (Å²) in [5.74, 6) is 0.297. The van der Waals surface area contributed by atoms with E-state index in [1.54, 1.807) is 0 Å². The number of rotatable bonds is 4. The zero-order valence-corrected chi connectivity index (χ0v) is 7.26. The molecule has 0 saturated heterocycles. The maximum Gasteiger partial charge on any atom is 0.243 e. The lowest BCUT2D eigenvalue weighted by Crippen LogP contribution is -2.25. The average Bonchev–Trinajstić information content (AvgIpc) is 2.82. The van der Waals surface area contributed by atoms with Gasteiger partial charge in [0.15, 0.2) is 0 Å². The molecular weight excluding hydrogens is 152 g/mol. The van der Waals surface area contributed by atoms with Crippen molar-refractivity contribution in [3.63, 3.8) is 0 Å². The van der Waals surface area contributed by atoms with E-state index in [-0.39, 0.29) is 11.9 Å². The van der Waals surface area contributed by atoms with Gasteiger partial charge in [-0.1, -0.05) is 13.2 Å². The summed E-state index contributed by atoms with van der Waals surface area (Å²) in [6.07, 6.45) is 2.27. The molecule has 1 fully saturated rings. The van der Waals surface area contributed by atoms with Crippen LogP contribution in [0.2, 0.25) is 0 Å². The minimum absolute atomic E-state index is 0.105. The summed E-state index contributed by atoms with van der Waals surface area (Å²) >= 11 is 0. The maximum absolute atomic E-state index is 10.8. The Morgan fingerprint density at radius 2 is 2.33 bits per heavy atom. The second-order valence-electron chi connectivity index (χ2n) is 2.94. The van der Waals surface area contributed by atoms with E-state index in [1.165, 1.54) is 6.08 Å². The first-order valence-electron chi connectivity index (χ1n) is 3.98. The summed E-state index contributed by atoms with van der Waals surface area (Å²) < 4.78 is 0. The van der Waals surface area contributed by atoms with Crippen molar-refractivity contribution in [3.8, 4) is 0 Å². The molecule has 1 aliphatic carbocycles. The SMILES string of the molecule is C=CC(=O)NC1CC1C(=C)NC. The van der Waals surface area contributed by atoms with Crippen LogP contribution in [0.25, 0.3) is 0 Å². The van der Waals surface area contributed by atoms with Crippen LogP contribution in [0, 0.1) is 5.92 Å². The topological polar surface area (TPSA) is 41.1 Å². The second-order valence-corrected chi connectivity index (χ2v) is 2.94. The molecule has 1 saturated carbocycles. The van der Waals surface area contributed by atoms with Crippen molar-refractivity contribution in [1.29, 1.82) is 0 Å². The van der Waals surface area contributed by atoms with E-state index in [0.29, 0.717) is 5.92 Å². The highest BCUT2D eigenvalue weighted by Crippen LogP contribution is 2.34. The molecule has 1 amide bonds. The number of hydrogen-bond acceptors (Lipinski definition) is 2. The van der Waals surface area contributed by atoms with Gasteiger partial charge >= 0.3 is 0 Å². The Hall–Kier alpha value is -1.25. The lowest BCUT2D eigenvalue weighted by Gasteiger charge is -2.03. The molecule has 1 rings (SSSR count). The number of carbonyl (C=O) groups excluding carboxylic acids is 1. The van der Waals surface area contributed by atoms with Gasteiger partial charge in [0.1, 0.15) is 0 Å². The van der Waals surface area contributed by atoms with Gasteiger partial charge in [0.05, 0.1) is 0 Å². The van der Waals surface area contributed by atoms with E-state index in [4.69, 9.17) is 0 Å². The second kappa shape index (κ2) is 3.43. The molecule has 66 valence electrons. The Kier molecular flexibility index (Phi) is 2.53. The van der Waals surface area contributed by atoms with Crippen LogP contribution in [-0.4, -0.2) is 19.0 Å². The Morgan fingerprint density at radius 3 is 2.83 bits per heavy atom. The van der Waals surface area contributed by atoms with Gasteiger partial charge in [-0.2, -0.15) is 0 Å². The maximum atomic E-state index is 10.8. The smallest absolute Gasteiger partial charge is 0.243 e. The molecule has 0 radical (unpaired) electrons.